The summed E-state index contributed by atoms with van der Waals surface area (Å²) in [5, 5.41) is 9.48. The zero-order valence-electron chi connectivity index (χ0n) is 16.7. The van der Waals surface area contributed by atoms with Crippen LogP contribution in [0.15, 0.2) is 65.6 Å². The SMILES string of the molecule is N#CCCCCn1c(-c2ccc(C=O)cc2)cc(=O)n2cc(-c3ccc(Cl)cc3)nc12. The Balaban J connectivity index is 1.87. The molecule has 0 N–H and O–H groups in total. The molecule has 2 aromatic carbocycles. The number of carbonyl (C=O) groups is 1. The van der Waals surface area contributed by atoms with Gasteiger partial charge in [0.15, 0.2) is 0 Å². The number of aldehydes is 1. The first-order chi connectivity index (χ1) is 15.1. The van der Waals surface area contributed by atoms with Gasteiger partial charge in [-0.25, -0.2) is 4.98 Å². The van der Waals surface area contributed by atoms with Crippen molar-refractivity contribution < 1.29 is 4.79 Å². The summed E-state index contributed by atoms with van der Waals surface area (Å²) in [6.07, 6.45) is 4.52. The van der Waals surface area contributed by atoms with Crippen molar-refractivity contribution in [2.45, 2.75) is 25.8 Å². The fourth-order valence-electron chi connectivity index (χ4n) is 3.52. The van der Waals surface area contributed by atoms with Crippen LogP contribution in [0.4, 0.5) is 0 Å². The van der Waals surface area contributed by atoms with Crippen LogP contribution in [-0.4, -0.2) is 20.2 Å². The molecule has 4 rings (SSSR count). The topological polar surface area (TPSA) is 80.2 Å². The lowest BCUT2D eigenvalue weighted by Crippen LogP contribution is -2.18. The van der Waals surface area contributed by atoms with Gasteiger partial charge in [0.05, 0.1) is 17.5 Å². The summed E-state index contributed by atoms with van der Waals surface area (Å²) in [5.74, 6) is 0.531. The van der Waals surface area contributed by atoms with E-state index in [1.165, 1.54) is 4.40 Å². The van der Waals surface area contributed by atoms with Gasteiger partial charge in [-0.15, -0.1) is 0 Å². The number of aromatic nitrogens is 3. The van der Waals surface area contributed by atoms with Crippen LogP contribution in [0.25, 0.3) is 28.3 Å². The summed E-state index contributed by atoms with van der Waals surface area (Å²) in [5.41, 5.74) is 3.46. The summed E-state index contributed by atoms with van der Waals surface area (Å²) >= 11 is 6.00. The molecule has 0 aliphatic rings. The van der Waals surface area contributed by atoms with Crippen LogP contribution in [0.2, 0.25) is 5.02 Å². The Morgan fingerprint density at radius 2 is 1.74 bits per heavy atom. The highest BCUT2D eigenvalue weighted by molar-refractivity contribution is 6.30. The maximum atomic E-state index is 12.9. The van der Waals surface area contributed by atoms with Crippen molar-refractivity contribution in [3.63, 3.8) is 0 Å². The van der Waals surface area contributed by atoms with E-state index in [1.807, 2.05) is 28.8 Å². The van der Waals surface area contributed by atoms with Gasteiger partial charge in [0.1, 0.15) is 6.29 Å². The largest absolute Gasteiger partial charge is 0.311 e. The minimum Gasteiger partial charge on any atom is -0.311 e. The zero-order chi connectivity index (χ0) is 21.8. The van der Waals surface area contributed by atoms with E-state index in [-0.39, 0.29) is 5.56 Å². The highest BCUT2D eigenvalue weighted by Crippen LogP contribution is 2.25. The van der Waals surface area contributed by atoms with Gasteiger partial charge in [-0.2, -0.15) is 5.26 Å². The van der Waals surface area contributed by atoms with E-state index in [0.717, 1.165) is 35.9 Å². The second-order valence-electron chi connectivity index (χ2n) is 7.18. The van der Waals surface area contributed by atoms with Crippen LogP contribution in [0, 0.1) is 11.3 Å². The predicted octanol–water partition coefficient (Wildman–Crippen LogP) is 4.99. The maximum Gasteiger partial charge on any atom is 0.259 e. The molecular weight excluding hydrogens is 412 g/mol. The van der Waals surface area contributed by atoms with Crippen LogP contribution in [0.5, 0.6) is 0 Å². The highest BCUT2D eigenvalue weighted by atomic mass is 35.5. The number of rotatable bonds is 7. The lowest BCUT2D eigenvalue weighted by Gasteiger charge is -2.15. The molecule has 31 heavy (non-hydrogen) atoms. The minimum absolute atomic E-state index is 0.189. The monoisotopic (exact) mass is 430 g/mol. The average Bonchev–Trinajstić information content (AvgIpc) is 3.24. The Labute approximate surface area is 184 Å². The third kappa shape index (κ3) is 4.27. The summed E-state index contributed by atoms with van der Waals surface area (Å²) in [4.78, 5) is 28.7. The number of unbranched alkanes of at least 4 members (excludes halogenated alkanes) is 2. The molecule has 0 aliphatic heterocycles. The fourth-order valence-corrected chi connectivity index (χ4v) is 3.65. The van der Waals surface area contributed by atoms with Crippen molar-refractivity contribution in [2.24, 2.45) is 0 Å². The number of benzene rings is 2. The smallest absolute Gasteiger partial charge is 0.259 e. The standard InChI is InChI=1S/C24H19ClN4O2/c25-20-10-8-18(9-11-20)21-15-29-23(31)14-22(19-6-4-17(16-30)5-7-19)28(24(29)27-21)13-3-1-2-12-26/h4-11,14-16H,1-3,13H2. The van der Waals surface area contributed by atoms with Crippen molar-refractivity contribution in [3.8, 4) is 28.6 Å². The molecule has 4 aromatic rings. The maximum absolute atomic E-state index is 12.9. The zero-order valence-corrected chi connectivity index (χ0v) is 17.4. The lowest BCUT2D eigenvalue weighted by molar-refractivity contribution is 0.112. The number of halogens is 1. The first-order valence-electron chi connectivity index (χ1n) is 9.92. The molecule has 2 heterocycles. The number of nitrogens with zero attached hydrogens (tertiary/aromatic N) is 4. The summed E-state index contributed by atoms with van der Waals surface area (Å²) in [7, 11) is 0. The highest BCUT2D eigenvalue weighted by Gasteiger charge is 2.15. The quantitative estimate of drug-likeness (QED) is 0.305. The van der Waals surface area contributed by atoms with Crippen LogP contribution in [0.1, 0.15) is 29.6 Å². The summed E-state index contributed by atoms with van der Waals surface area (Å²) in [6, 6.07) is 18.1. The molecule has 0 saturated carbocycles. The van der Waals surface area contributed by atoms with Crippen molar-refractivity contribution in [3.05, 3.63) is 81.7 Å². The molecule has 6 nitrogen and oxygen atoms in total. The van der Waals surface area contributed by atoms with Gasteiger partial charge >= 0.3 is 0 Å². The Morgan fingerprint density at radius 1 is 1.03 bits per heavy atom. The second-order valence-corrected chi connectivity index (χ2v) is 7.61. The second kappa shape index (κ2) is 8.99. The Hall–Kier alpha value is -3.69. The third-order valence-electron chi connectivity index (χ3n) is 5.12. The van der Waals surface area contributed by atoms with Crippen LogP contribution < -0.4 is 5.56 Å². The van der Waals surface area contributed by atoms with E-state index in [2.05, 4.69) is 6.07 Å². The van der Waals surface area contributed by atoms with E-state index in [0.29, 0.717) is 35.0 Å². The average molecular weight is 431 g/mol. The normalized spacial score (nSPS) is 10.8. The van der Waals surface area contributed by atoms with E-state index in [1.54, 1.807) is 36.5 Å². The molecule has 0 saturated heterocycles. The number of imidazole rings is 1. The van der Waals surface area contributed by atoms with Crippen molar-refractivity contribution in [2.75, 3.05) is 0 Å². The first kappa shape index (κ1) is 20.6. The van der Waals surface area contributed by atoms with Gasteiger partial charge in [0, 0.05) is 41.4 Å². The van der Waals surface area contributed by atoms with Gasteiger partial charge in [0.2, 0.25) is 5.78 Å². The van der Waals surface area contributed by atoms with Crippen molar-refractivity contribution in [1.82, 2.24) is 14.0 Å². The lowest BCUT2D eigenvalue weighted by atomic mass is 10.1. The molecular formula is C24H19ClN4O2. The van der Waals surface area contributed by atoms with Crippen LogP contribution in [-0.2, 0) is 6.54 Å². The van der Waals surface area contributed by atoms with Gasteiger partial charge in [-0.1, -0.05) is 48.0 Å². The number of nitriles is 1. The summed E-state index contributed by atoms with van der Waals surface area (Å²) in [6.45, 7) is 0.604. The molecule has 7 heteroatoms. The van der Waals surface area contributed by atoms with Gasteiger partial charge in [-0.3, -0.25) is 14.0 Å². The first-order valence-corrected chi connectivity index (χ1v) is 10.3. The number of carbonyl (C=O) groups excluding carboxylic acids is 1. The molecule has 0 spiro atoms. The van der Waals surface area contributed by atoms with E-state index >= 15 is 0 Å². The van der Waals surface area contributed by atoms with E-state index in [9.17, 15) is 9.59 Å². The Bertz CT molecular complexity index is 1330. The van der Waals surface area contributed by atoms with E-state index in [4.69, 9.17) is 21.8 Å². The molecule has 0 fully saturated rings. The van der Waals surface area contributed by atoms with Crippen LogP contribution in [0.3, 0.4) is 0 Å². The third-order valence-corrected chi connectivity index (χ3v) is 5.37. The summed E-state index contributed by atoms with van der Waals surface area (Å²) < 4.78 is 3.53. The number of aryl methyl sites for hydroxylation is 1. The molecule has 154 valence electrons. The molecule has 0 atom stereocenters. The van der Waals surface area contributed by atoms with Gasteiger partial charge in [-0.05, 0) is 30.5 Å². The fraction of sp³-hybridized carbons (Fsp3) is 0.167. The van der Waals surface area contributed by atoms with E-state index < -0.39 is 0 Å². The van der Waals surface area contributed by atoms with Crippen molar-refractivity contribution >= 4 is 23.7 Å². The molecule has 0 amide bonds. The molecule has 0 aliphatic carbocycles. The molecule has 2 aromatic heterocycles. The number of fused-ring (bicyclic) bond motifs is 1. The molecule has 0 radical (unpaired) electrons. The van der Waals surface area contributed by atoms with Gasteiger partial charge < -0.3 is 4.57 Å². The number of hydrogen-bond acceptors (Lipinski definition) is 4. The predicted molar refractivity (Wildman–Crippen MR) is 120 cm³/mol. The molecule has 0 unspecified atom stereocenters. The van der Waals surface area contributed by atoms with Gasteiger partial charge in [0.25, 0.3) is 5.56 Å². The Kier molecular flexibility index (Phi) is 5.96. The number of hydrogen-bond donors (Lipinski definition) is 0. The van der Waals surface area contributed by atoms with Crippen molar-refractivity contribution in [1.29, 1.82) is 5.26 Å². The molecule has 0 bridgehead atoms. The minimum atomic E-state index is -0.189. The Morgan fingerprint density at radius 3 is 2.42 bits per heavy atom. The van der Waals surface area contributed by atoms with Crippen LogP contribution >= 0.6 is 11.6 Å².